The van der Waals surface area contributed by atoms with Crippen molar-refractivity contribution < 1.29 is 4.79 Å². The zero-order chi connectivity index (χ0) is 16.1. The van der Waals surface area contributed by atoms with Crippen LogP contribution in [-0.2, 0) is 23.4 Å². The summed E-state index contributed by atoms with van der Waals surface area (Å²) in [5.74, 6) is 1.29. The van der Waals surface area contributed by atoms with Crippen molar-refractivity contribution in [3.63, 3.8) is 0 Å². The normalized spacial score (nSPS) is 12.9. The van der Waals surface area contributed by atoms with Crippen LogP contribution in [0.3, 0.4) is 0 Å². The maximum absolute atomic E-state index is 11.6. The average Bonchev–Trinajstić information content (AvgIpc) is 3.17. The van der Waals surface area contributed by atoms with Gasteiger partial charge in [-0.25, -0.2) is 4.68 Å². The van der Waals surface area contributed by atoms with E-state index in [1.165, 1.54) is 17.7 Å². The lowest BCUT2D eigenvalue weighted by Gasteiger charge is -2.04. The van der Waals surface area contributed by atoms with Crippen molar-refractivity contribution in [2.75, 3.05) is 12.3 Å². The number of hydrogen-bond donors (Lipinski definition) is 1. The van der Waals surface area contributed by atoms with Crippen molar-refractivity contribution in [1.29, 1.82) is 0 Å². The van der Waals surface area contributed by atoms with Gasteiger partial charge in [0.2, 0.25) is 5.91 Å². The third-order valence-electron chi connectivity index (χ3n) is 3.93. The van der Waals surface area contributed by atoms with E-state index >= 15 is 0 Å². The van der Waals surface area contributed by atoms with Crippen LogP contribution in [0, 0.1) is 0 Å². The Morgan fingerprint density at radius 2 is 2.17 bits per heavy atom. The Kier molecular flexibility index (Phi) is 5.18. The zero-order valence-electron chi connectivity index (χ0n) is 13.1. The summed E-state index contributed by atoms with van der Waals surface area (Å²) < 4.78 is 2.08. The van der Waals surface area contributed by atoms with Crippen LogP contribution in [0.5, 0.6) is 0 Å². The SMILES string of the molecule is C=CCNC(=O)CSCc1nn(-c2ccccc2)c2c1CCC2. The van der Waals surface area contributed by atoms with E-state index in [-0.39, 0.29) is 5.91 Å². The predicted octanol–water partition coefficient (Wildman–Crippen LogP) is 2.90. The largest absolute Gasteiger partial charge is 0.352 e. The summed E-state index contributed by atoms with van der Waals surface area (Å²) in [6.07, 6.45) is 5.07. The molecular formula is C18H21N3OS. The van der Waals surface area contributed by atoms with Gasteiger partial charge in [0.25, 0.3) is 0 Å². The summed E-state index contributed by atoms with van der Waals surface area (Å²) in [4.78, 5) is 11.6. The monoisotopic (exact) mass is 327 g/mol. The molecule has 23 heavy (non-hydrogen) atoms. The number of hydrogen-bond acceptors (Lipinski definition) is 3. The first-order valence-corrected chi connectivity index (χ1v) is 9.05. The second kappa shape index (κ2) is 7.51. The molecule has 1 aromatic heterocycles. The number of fused-ring (bicyclic) bond motifs is 1. The van der Waals surface area contributed by atoms with Gasteiger partial charge in [0.15, 0.2) is 0 Å². The average molecular weight is 327 g/mol. The van der Waals surface area contributed by atoms with Crippen molar-refractivity contribution in [2.45, 2.75) is 25.0 Å². The Hall–Kier alpha value is -2.01. The molecule has 3 rings (SSSR count). The number of nitrogens with one attached hydrogen (secondary N) is 1. The third-order valence-corrected chi connectivity index (χ3v) is 4.87. The first kappa shape index (κ1) is 15.9. The summed E-state index contributed by atoms with van der Waals surface area (Å²) in [6.45, 7) is 4.12. The molecule has 5 heteroatoms. The number of carbonyl (C=O) groups is 1. The van der Waals surface area contributed by atoms with E-state index in [2.05, 4.69) is 28.7 Å². The molecule has 0 radical (unpaired) electrons. The van der Waals surface area contributed by atoms with Gasteiger partial charge in [0.05, 0.1) is 17.1 Å². The molecule has 0 saturated carbocycles. The van der Waals surface area contributed by atoms with Gasteiger partial charge in [-0.3, -0.25) is 4.79 Å². The highest BCUT2D eigenvalue weighted by Crippen LogP contribution is 2.29. The molecule has 2 aromatic rings. The highest BCUT2D eigenvalue weighted by molar-refractivity contribution is 7.99. The van der Waals surface area contributed by atoms with Crippen LogP contribution in [0.4, 0.5) is 0 Å². The zero-order valence-corrected chi connectivity index (χ0v) is 13.9. The number of aromatic nitrogens is 2. The lowest BCUT2D eigenvalue weighted by molar-refractivity contribution is -0.118. The lowest BCUT2D eigenvalue weighted by Crippen LogP contribution is -2.25. The Balaban J connectivity index is 1.69. The fourth-order valence-corrected chi connectivity index (χ4v) is 3.70. The molecule has 0 atom stereocenters. The quantitative estimate of drug-likeness (QED) is 0.796. The Labute approximate surface area is 141 Å². The molecule has 4 nitrogen and oxygen atoms in total. The molecule has 1 aliphatic rings. The minimum atomic E-state index is 0.0500. The van der Waals surface area contributed by atoms with E-state index < -0.39 is 0 Å². The molecule has 0 bridgehead atoms. The number of benzene rings is 1. The van der Waals surface area contributed by atoms with Crippen molar-refractivity contribution in [3.05, 3.63) is 59.9 Å². The number of carbonyl (C=O) groups excluding carboxylic acids is 1. The van der Waals surface area contributed by atoms with E-state index in [1.54, 1.807) is 17.8 Å². The fourth-order valence-electron chi connectivity index (χ4n) is 2.89. The summed E-state index contributed by atoms with van der Waals surface area (Å²) in [5.41, 5.74) is 4.96. The van der Waals surface area contributed by atoms with Gasteiger partial charge in [0.1, 0.15) is 0 Å². The highest BCUT2D eigenvalue weighted by atomic mass is 32.2. The number of rotatable bonds is 7. The Morgan fingerprint density at radius 1 is 1.35 bits per heavy atom. The number of nitrogens with zero attached hydrogens (tertiary/aromatic N) is 2. The van der Waals surface area contributed by atoms with Crippen LogP contribution in [-0.4, -0.2) is 28.0 Å². The molecular weight excluding hydrogens is 306 g/mol. The molecule has 1 aliphatic carbocycles. The van der Waals surface area contributed by atoms with E-state index in [0.717, 1.165) is 30.0 Å². The standard InChI is InChI=1S/C18H21N3OS/c1-2-11-19-18(22)13-23-12-16-15-9-6-10-17(15)21(20-16)14-7-4-3-5-8-14/h2-5,7-8H,1,6,9-13H2,(H,19,22). The van der Waals surface area contributed by atoms with Crippen LogP contribution in [0.2, 0.25) is 0 Å². The summed E-state index contributed by atoms with van der Waals surface area (Å²) in [7, 11) is 0. The van der Waals surface area contributed by atoms with Gasteiger partial charge in [-0.1, -0.05) is 24.3 Å². The van der Waals surface area contributed by atoms with Crippen LogP contribution < -0.4 is 5.32 Å². The van der Waals surface area contributed by atoms with Gasteiger partial charge >= 0.3 is 0 Å². The first-order valence-electron chi connectivity index (χ1n) is 7.90. The number of para-hydroxylation sites is 1. The van der Waals surface area contributed by atoms with Crippen LogP contribution in [0.15, 0.2) is 43.0 Å². The fraction of sp³-hybridized carbons (Fsp3) is 0.333. The lowest BCUT2D eigenvalue weighted by atomic mass is 10.2. The molecule has 0 spiro atoms. The van der Waals surface area contributed by atoms with Gasteiger partial charge in [0, 0.05) is 18.0 Å². The summed E-state index contributed by atoms with van der Waals surface area (Å²) in [6, 6.07) is 10.3. The molecule has 0 saturated heterocycles. The molecule has 1 N–H and O–H groups in total. The van der Waals surface area contributed by atoms with Gasteiger partial charge in [-0.15, -0.1) is 18.3 Å². The second-order valence-electron chi connectivity index (χ2n) is 5.56. The maximum atomic E-state index is 11.6. The van der Waals surface area contributed by atoms with Crippen molar-refractivity contribution in [1.82, 2.24) is 15.1 Å². The van der Waals surface area contributed by atoms with Crippen molar-refractivity contribution in [2.24, 2.45) is 0 Å². The molecule has 1 heterocycles. The Bertz CT molecular complexity index is 694. The maximum Gasteiger partial charge on any atom is 0.230 e. The highest BCUT2D eigenvalue weighted by Gasteiger charge is 2.22. The molecule has 0 fully saturated rings. The van der Waals surface area contributed by atoms with Gasteiger partial charge < -0.3 is 5.32 Å². The predicted molar refractivity (Wildman–Crippen MR) is 95.0 cm³/mol. The minimum Gasteiger partial charge on any atom is -0.352 e. The van der Waals surface area contributed by atoms with Crippen molar-refractivity contribution in [3.8, 4) is 5.69 Å². The van der Waals surface area contributed by atoms with Gasteiger partial charge in [-0.05, 0) is 37.0 Å². The Morgan fingerprint density at radius 3 is 2.96 bits per heavy atom. The van der Waals surface area contributed by atoms with E-state index in [9.17, 15) is 4.79 Å². The van der Waals surface area contributed by atoms with Crippen molar-refractivity contribution >= 4 is 17.7 Å². The van der Waals surface area contributed by atoms with E-state index in [0.29, 0.717) is 12.3 Å². The van der Waals surface area contributed by atoms with Crippen LogP contribution >= 0.6 is 11.8 Å². The molecule has 1 aromatic carbocycles. The minimum absolute atomic E-state index is 0.0500. The number of amides is 1. The molecule has 0 unspecified atom stereocenters. The molecule has 1 amide bonds. The smallest absolute Gasteiger partial charge is 0.230 e. The van der Waals surface area contributed by atoms with E-state index in [4.69, 9.17) is 5.10 Å². The van der Waals surface area contributed by atoms with Crippen LogP contribution in [0.25, 0.3) is 5.69 Å². The van der Waals surface area contributed by atoms with E-state index in [1.807, 2.05) is 18.2 Å². The summed E-state index contributed by atoms with van der Waals surface area (Å²) in [5, 5.41) is 7.61. The van der Waals surface area contributed by atoms with Gasteiger partial charge in [-0.2, -0.15) is 5.10 Å². The first-order chi connectivity index (χ1) is 11.3. The third kappa shape index (κ3) is 3.67. The molecule has 120 valence electrons. The number of thioether (sulfide) groups is 1. The van der Waals surface area contributed by atoms with Crippen LogP contribution in [0.1, 0.15) is 23.4 Å². The molecule has 0 aliphatic heterocycles. The summed E-state index contributed by atoms with van der Waals surface area (Å²) >= 11 is 1.62. The second-order valence-corrected chi connectivity index (χ2v) is 6.54. The topological polar surface area (TPSA) is 46.9 Å².